The Morgan fingerprint density at radius 1 is 1.09 bits per heavy atom. The first-order chi connectivity index (χ1) is 11.0. The molecule has 0 aliphatic carbocycles. The highest BCUT2D eigenvalue weighted by Gasteiger charge is 2.16. The molecule has 6 nitrogen and oxygen atoms in total. The van der Waals surface area contributed by atoms with Gasteiger partial charge in [-0.05, 0) is 44.7 Å². The maximum Gasteiger partial charge on any atom is 0.313 e. The molecular formula is C17H26N4O2. The number of likely N-dealkylation sites (N-methyl/N-ethyl adjacent to an activating group) is 1. The van der Waals surface area contributed by atoms with Gasteiger partial charge in [-0.3, -0.25) is 9.59 Å². The predicted octanol–water partition coefficient (Wildman–Crippen LogP) is 1.29. The molecule has 1 aromatic carbocycles. The molecule has 0 bridgehead atoms. The fraction of sp³-hybridized carbons (Fsp3) is 0.529. The van der Waals surface area contributed by atoms with Crippen LogP contribution >= 0.6 is 0 Å². The Labute approximate surface area is 137 Å². The van der Waals surface area contributed by atoms with Crippen molar-refractivity contribution in [1.82, 2.24) is 10.2 Å². The largest absolute Gasteiger partial charge is 0.369 e. The molecule has 1 aliphatic heterocycles. The highest BCUT2D eigenvalue weighted by Crippen LogP contribution is 2.19. The second-order valence-electron chi connectivity index (χ2n) is 6.07. The number of hydrogen-bond donors (Lipinski definition) is 2. The van der Waals surface area contributed by atoms with Gasteiger partial charge in [-0.1, -0.05) is 6.92 Å². The van der Waals surface area contributed by atoms with Crippen LogP contribution in [-0.2, 0) is 9.59 Å². The van der Waals surface area contributed by atoms with E-state index in [4.69, 9.17) is 0 Å². The number of amides is 2. The fourth-order valence-corrected chi connectivity index (χ4v) is 2.40. The first-order valence-electron chi connectivity index (χ1n) is 8.15. The number of benzene rings is 1. The van der Waals surface area contributed by atoms with Gasteiger partial charge in [0.15, 0.2) is 0 Å². The third-order valence-electron chi connectivity index (χ3n) is 4.19. The molecular weight excluding hydrogens is 292 g/mol. The van der Waals surface area contributed by atoms with Gasteiger partial charge >= 0.3 is 11.8 Å². The molecule has 1 fully saturated rings. The van der Waals surface area contributed by atoms with Crippen LogP contribution in [0.3, 0.4) is 0 Å². The molecule has 23 heavy (non-hydrogen) atoms. The summed E-state index contributed by atoms with van der Waals surface area (Å²) in [7, 11) is 2.13. The smallest absolute Gasteiger partial charge is 0.313 e. The fourth-order valence-electron chi connectivity index (χ4n) is 2.40. The highest BCUT2D eigenvalue weighted by atomic mass is 16.2. The maximum atomic E-state index is 11.8. The Balaban J connectivity index is 1.89. The summed E-state index contributed by atoms with van der Waals surface area (Å²) < 4.78 is 0. The molecule has 1 unspecified atom stereocenters. The Bertz CT molecular complexity index is 536. The second-order valence-corrected chi connectivity index (χ2v) is 6.07. The summed E-state index contributed by atoms with van der Waals surface area (Å²) in [4.78, 5) is 28.2. The Morgan fingerprint density at radius 3 is 2.26 bits per heavy atom. The Morgan fingerprint density at radius 2 is 1.70 bits per heavy atom. The second kappa shape index (κ2) is 7.97. The van der Waals surface area contributed by atoms with Crippen molar-refractivity contribution in [2.45, 2.75) is 26.3 Å². The van der Waals surface area contributed by atoms with Crippen LogP contribution in [0.15, 0.2) is 24.3 Å². The van der Waals surface area contributed by atoms with E-state index >= 15 is 0 Å². The number of nitrogens with zero attached hydrogens (tertiary/aromatic N) is 2. The third-order valence-corrected chi connectivity index (χ3v) is 4.19. The van der Waals surface area contributed by atoms with Crippen molar-refractivity contribution < 1.29 is 9.59 Å². The van der Waals surface area contributed by atoms with E-state index in [1.807, 2.05) is 38.1 Å². The van der Waals surface area contributed by atoms with Crippen LogP contribution in [0.1, 0.15) is 20.3 Å². The van der Waals surface area contributed by atoms with Crippen molar-refractivity contribution in [3.05, 3.63) is 24.3 Å². The zero-order chi connectivity index (χ0) is 16.8. The van der Waals surface area contributed by atoms with E-state index in [1.54, 1.807) is 0 Å². The normalized spacial score (nSPS) is 16.7. The lowest BCUT2D eigenvalue weighted by atomic mass is 10.2. The van der Waals surface area contributed by atoms with Crippen molar-refractivity contribution in [2.24, 2.45) is 0 Å². The lowest BCUT2D eigenvalue weighted by molar-refractivity contribution is -0.136. The van der Waals surface area contributed by atoms with Crippen LogP contribution in [0.25, 0.3) is 0 Å². The van der Waals surface area contributed by atoms with Gasteiger partial charge in [-0.15, -0.1) is 0 Å². The van der Waals surface area contributed by atoms with Crippen LogP contribution in [-0.4, -0.2) is 56.0 Å². The minimum atomic E-state index is -0.627. The summed E-state index contributed by atoms with van der Waals surface area (Å²) in [6.07, 6.45) is 0.790. The SMILES string of the molecule is CCC(C)NC(=O)C(=O)Nc1ccc(N2CCN(C)CC2)cc1. The van der Waals surface area contributed by atoms with Crippen LogP contribution < -0.4 is 15.5 Å². The maximum absolute atomic E-state index is 11.8. The van der Waals surface area contributed by atoms with E-state index in [0.717, 1.165) is 38.3 Å². The van der Waals surface area contributed by atoms with E-state index < -0.39 is 11.8 Å². The molecule has 126 valence electrons. The van der Waals surface area contributed by atoms with Crippen LogP contribution in [0, 0.1) is 0 Å². The first-order valence-corrected chi connectivity index (χ1v) is 8.15. The lowest BCUT2D eigenvalue weighted by Gasteiger charge is -2.34. The number of carbonyl (C=O) groups is 2. The van der Waals surface area contributed by atoms with E-state index in [1.165, 1.54) is 0 Å². The van der Waals surface area contributed by atoms with Crippen LogP contribution in [0.4, 0.5) is 11.4 Å². The lowest BCUT2D eigenvalue weighted by Crippen LogP contribution is -2.44. The van der Waals surface area contributed by atoms with Gasteiger partial charge in [0.05, 0.1) is 0 Å². The molecule has 6 heteroatoms. The van der Waals surface area contributed by atoms with E-state index in [0.29, 0.717) is 5.69 Å². The molecule has 0 aromatic heterocycles. The van der Waals surface area contributed by atoms with Gasteiger partial charge in [0.1, 0.15) is 0 Å². The molecule has 2 N–H and O–H groups in total. The third kappa shape index (κ3) is 4.96. The van der Waals surface area contributed by atoms with Gasteiger partial charge in [-0.25, -0.2) is 0 Å². The first kappa shape index (κ1) is 17.3. The number of nitrogens with one attached hydrogen (secondary N) is 2. The summed E-state index contributed by atoms with van der Waals surface area (Å²) >= 11 is 0. The summed E-state index contributed by atoms with van der Waals surface area (Å²) in [5.74, 6) is -1.22. The summed E-state index contributed by atoms with van der Waals surface area (Å²) in [5, 5.41) is 5.28. The van der Waals surface area contributed by atoms with E-state index in [2.05, 4.69) is 27.5 Å². The average Bonchev–Trinajstić information content (AvgIpc) is 2.56. The molecule has 1 saturated heterocycles. The predicted molar refractivity (Wildman–Crippen MR) is 92.7 cm³/mol. The van der Waals surface area contributed by atoms with Crippen LogP contribution in [0.5, 0.6) is 0 Å². The zero-order valence-electron chi connectivity index (χ0n) is 14.1. The van der Waals surface area contributed by atoms with Gasteiger partial charge in [0.25, 0.3) is 0 Å². The van der Waals surface area contributed by atoms with Gasteiger partial charge in [0.2, 0.25) is 0 Å². The minimum Gasteiger partial charge on any atom is -0.369 e. The zero-order valence-corrected chi connectivity index (χ0v) is 14.1. The number of anilines is 2. The standard InChI is InChI=1S/C17H26N4O2/c1-4-13(2)18-16(22)17(23)19-14-5-7-15(8-6-14)21-11-9-20(3)10-12-21/h5-8,13H,4,9-12H2,1-3H3,(H,18,22)(H,19,23). The molecule has 1 aromatic rings. The summed E-state index contributed by atoms with van der Waals surface area (Å²) in [6, 6.07) is 7.62. The summed E-state index contributed by atoms with van der Waals surface area (Å²) in [5.41, 5.74) is 1.77. The van der Waals surface area contributed by atoms with E-state index in [-0.39, 0.29) is 6.04 Å². The molecule has 2 rings (SSSR count). The van der Waals surface area contributed by atoms with Crippen molar-refractivity contribution >= 4 is 23.2 Å². The monoisotopic (exact) mass is 318 g/mol. The van der Waals surface area contributed by atoms with Crippen molar-refractivity contribution in [3.63, 3.8) is 0 Å². The van der Waals surface area contributed by atoms with Gasteiger partial charge in [-0.2, -0.15) is 0 Å². The number of hydrogen-bond acceptors (Lipinski definition) is 4. The number of piperazine rings is 1. The van der Waals surface area contributed by atoms with Crippen molar-refractivity contribution in [2.75, 3.05) is 43.4 Å². The van der Waals surface area contributed by atoms with Crippen molar-refractivity contribution in [1.29, 1.82) is 0 Å². The number of rotatable bonds is 4. The number of carbonyl (C=O) groups excluding carboxylic acids is 2. The van der Waals surface area contributed by atoms with Crippen LogP contribution in [0.2, 0.25) is 0 Å². The van der Waals surface area contributed by atoms with E-state index in [9.17, 15) is 9.59 Å². The van der Waals surface area contributed by atoms with Gasteiger partial charge in [0, 0.05) is 43.6 Å². The average molecular weight is 318 g/mol. The quantitative estimate of drug-likeness (QED) is 0.821. The molecule has 0 spiro atoms. The molecule has 0 saturated carbocycles. The van der Waals surface area contributed by atoms with Crippen molar-refractivity contribution in [3.8, 4) is 0 Å². The van der Waals surface area contributed by atoms with Gasteiger partial charge < -0.3 is 20.4 Å². The molecule has 1 aliphatic rings. The molecule has 1 heterocycles. The summed E-state index contributed by atoms with van der Waals surface area (Å²) in [6.45, 7) is 7.93. The molecule has 1 atom stereocenters. The Hall–Kier alpha value is -2.08. The molecule has 0 radical (unpaired) electrons. The topological polar surface area (TPSA) is 64.7 Å². The molecule has 2 amide bonds. The Kier molecular flexibility index (Phi) is 5.98. The highest BCUT2D eigenvalue weighted by molar-refractivity contribution is 6.39. The minimum absolute atomic E-state index is 0.00661.